The van der Waals surface area contributed by atoms with Gasteiger partial charge < -0.3 is 14.5 Å². The van der Waals surface area contributed by atoms with Gasteiger partial charge in [-0.05, 0) is 36.4 Å². The second-order valence-corrected chi connectivity index (χ2v) is 7.55. The summed E-state index contributed by atoms with van der Waals surface area (Å²) in [6.45, 7) is 1.86. The quantitative estimate of drug-likeness (QED) is 0.565. The van der Waals surface area contributed by atoms with E-state index in [1.54, 1.807) is 58.3 Å². The van der Waals surface area contributed by atoms with Crippen molar-refractivity contribution >= 4 is 17.6 Å². The van der Waals surface area contributed by atoms with Gasteiger partial charge in [-0.2, -0.15) is 0 Å². The molecule has 0 radical (unpaired) electrons. The predicted octanol–water partition coefficient (Wildman–Crippen LogP) is 3.28. The average molecular weight is 428 g/mol. The van der Waals surface area contributed by atoms with E-state index in [4.69, 9.17) is 4.74 Å². The Morgan fingerprint density at radius 2 is 1.12 bits per heavy atom. The lowest BCUT2D eigenvalue weighted by Crippen LogP contribution is -2.51. The van der Waals surface area contributed by atoms with Crippen LogP contribution in [-0.2, 0) is 4.79 Å². The zero-order valence-corrected chi connectivity index (χ0v) is 17.6. The van der Waals surface area contributed by atoms with Crippen LogP contribution in [0.25, 0.3) is 0 Å². The van der Waals surface area contributed by atoms with E-state index in [2.05, 4.69) is 0 Å². The number of rotatable bonds is 6. The fourth-order valence-electron chi connectivity index (χ4n) is 3.62. The molecule has 1 aliphatic rings. The highest BCUT2D eigenvalue weighted by molar-refractivity contribution is 6.09. The van der Waals surface area contributed by atoms with E-state index in [-0.39, 0.29) is 24.2 Å². The summed E-state index contributed by atoms with van der Waals surface area (Å²) in [6, 6.07) is 25.0. The van der Waals surface area contributed by atoms with E-state index in [1.807, 2.05) is 36.4 Å². The average Bonchev–Trinajstić information content (AvgIpc) is 2.88. The summed E-state index contributed by atoms with van der Waals surface area (Å²) in [4.78, 5) is 41.0. The number of hydrogen-bond donors (Lipinski definition) is 0. The highest BCUT2D eigenvalue weighted by Crippen LogP contribution is 2.16. The number of piperazine rings is 1. The molecule has 2 amide bonds. The number of ether oxygens (including phenoxy) is 1. The van der Waals surface area contributed by atoms with Gasteiger partial charge in [0.05, 0.1) is 0 Å². The Hall–Kier alpha value is -3.93. The molecule has 6 nitrogen and oxygen atoms in total. The van der Waals surface area contributed by atoms with Crippen molar-refractivity contribution in [3.05, 3.63) is 102 Å². The van der Waals surface area contributed by atoms with Crippen molar-refractivity contribution in [2.45, 2.75) is 0 Å². The summed E-state index contributed by atoms with van der Waals surface area (Å²) < 4.78 is 5.62. The van der Waals surface area contributed by atoms with Crippen LogP contribution >= 0.6 is 0 Å². The SMILES string of the molecule is O=C(c1ccccc1)c1ccc(OCC(=O)N2CCN(C(=O)c3ccccc3)CC2)cc1. The van der Waals surface area contributed by atoms with Gasteiger partial charge in [0.15, 0.2) is 12.4 Å². The Balaban J connectivity index is 1.25. The van der Waals surface area contributed by atoms with Crippen molar-refractivity contribution < 1.29 is 19.1 Å². The van der Waals surface area contributed by atoms with Crippen molar-refractivity contribution in [1.82, 2.24) is 9.80 Å². The molecule has 1 fully saturated rings. The Labute approximate surface area is 187 Å². The summed E-state index contributed by atoms with van der Waals surface area (Å²) >= 11 is 0. The van der Waals surface area contributed by atoms with E-state index >= 15 is 0 Å². The number of amides is 2. The second kappa shape index (κ2) is 9.92. The van der Waals surface area contributed by atoms with E-state index in [0.717, 1.165) is 0 Å². The minimum Gasteiger partial charge on any atom is -0.484 e. The normalized spacial score (nSPS) is 13.5. The van der Waals surface area contributed by atoms with Crippen LogP contribution in [0.3, 0.4) is 0 Å². The monoisotopic (exact) mass is 428 g/mol. The van der Waals surface area contributed by atoms with Crippen LogP contribution in [0.1, 0.15) is 26.3 Å². The third-order valence-corrected chi connectivity index (χ3v) is 5.46. The number of carbonyl (C=O) groups is 3. The van der Waals surface area contributed by atoms with E-state index in [9.17, 15) is 14.4 Å². The zero-order valence-electron chi connectivity index (χ0n) is 17.6. The van der Waals surface area contributed by atoms with Crippen LogP contribution in [-0.4, -0.2) is 60.2 Å². The van der Waals surface area contributed by atoms with Gasteiger partial charge in [-0.15, -0.1) is 0 Å². The molecule has 0 spiro atoms. The molecular weight excluding hydrogens is 404 g/mol. The molecule has 0 unspecified atom stereocenters. The molecule has 162 valence electrons. The van der Waals surface area contributed by atoms with Crippen molar-refractivity contribution in [3.8, 4) is 5.75 Å². The van der Waals surface area contributed by atoms with Crippen LogP contribution < -0.4 is 4.74 Å². The maximum absolute atomic E-state index is 12.5. The van der Waals surface area contributed by atoms with Gasteiger partial charge in [0.2, 0.25) is 0 Å². The molecule has 0 aromatic heterocycles. The van der Waals surface area contributed by atoms with Crippen LogP contribution in [0, 0.1) is 0 Å². The van der Waals surface area contributed by atoms with Crippen LogP contribution in [0.5, 0.6) is 5.75 Å². The van der Waals surface area contributed by atoms with Crippen molar-refractivity contribution in [1.29, 1.82) is 0 Å². The fraction of sp³-hybridized carbons (Fsp3) is 0.192. The molecule has 0 atom stereocenters. The molecule has 1 heterocycles. The first-order valence-corrected chi connectivity index (χ1v) is 10.6. The summed E-state index contributed by atoms with van der Waals surface area (Å²) in [5.74, 6) is 0.331. The lowest BCUT2D eigenvalue weighted by Gasteiger charge is -2.34. The van der Waals surface area contributed by atoms with Crippen molar-refractivity contribution in [2.24, 2.45) is 0 Å². The van der Waals surface area contributed by atoms with Gasteiger partial charge >= 0.3 is 0 Å². The van der Waals surface area contributed by atoms with Gasteiger partial charge in [0.1, 0.15) is 5.75 Å². The molecule has 32 heavy (non-hydrogen) atoms. The molecule has 6 heteroatoms. The summed E-state index contributed by atoms with van der Waals surface area (Å²) in [5.41, 5.74) is 1.85. The third-order valence-electron chi connectivity index (χ3n) is 5.46. The lowest BCUT2D eigenvalue weighted by molar-refractivity contribution is -0.134. The summed E-state index contributed by atoms with van der Waals surface area (Å²) in [7, 11) is 0. The van der Waals surface area contributed by atoms with E-state index in [0.29, 0.717) is 48.6 Å². The van der Waals surface area contributed by atoms with Crippen molar-refractivity contribution in [2.75, 3.05) is 32.8 Å². The van der Waals surface area contributed by atoms with Crippen LogP contribution in [0.2, 0.25) is 0 Å². The topological polar surface area (TPSA) is 66.9 Å². The minimum atomic E-state index is -0.124. The predicted molar refractivity (Wildman–Crippen MR) is 121 cm³/mol. The molecule has 3 aromatic rings. The van der Waals surface area contributed by atoms with E-state index < -0.39 is 0 Å². The summed E-state index contributed by atoms with van der Waals surface area (Å²) in [6.07, 6.45) is 0. The first-order valence-electron chi connectivity index (χ1n) is 10.6. The second-order valence-electron chi connectivity index (χ2n) is 7.55. The molecule has 1 saturated heterocycles. The van der Waals surface area contributed by atoms with E-state index in [1.165, 1.54) is 0 Å². The molecule has 1 aliphatic heterocycles. The molecule has 0 N–H and O–H groups in total. The van der Waals surface area contributed by atoms with Crippen LogP contribution in [0.4, 0.5) is 0 Å². The van der Waals surface area contributed by atoms with Gasteiger partial charge in [-0.3, -0.25) is 14.4 Å². The lowest BCUT2D eigenvalue weighted by atomic mass is 10.0. The Kier molecular flexibility index (Phi) is 6.60. The molecule has 3 aromatic carbocycles. The first kappa shape index (κ1) is 21.3. The van der Waals surface area contributed by atoms with Gasteiger partial charge in [0, 0.05) is 42.9 Å². The highest BCUT2D eigenvalue weighted by atomic mass is 16.5. The maximum Gasteiger partial charge on any atom is 0.260 e. The molecule has 0 bridgehead atoms. The zero-order chi connectivity index (χ0) is 22.3. The standard InChI is InChI=1S/C26H24N2O4/c29-24(27-15-17-28(18-16-27)26(31)22-9-5-2-6-10-22)19-32-23-13-11-21(12-14-23)25(30)20-7-3-1-4-8-20/h1-14H,15-19H2. The molecule has 0 aliphatic carbocycles. The number of nitrogens with zero attached hydrogens (tertiary/aromatic N) is 2. The maximum atomic E-state index is 12.5. The number of carbonyl (C=O) groups excluding carboxylic acids is 3. The Morgan fingerprint density at radius 1 is 0.625 bits per heavy atom. The number of ketones is 1. The summed E-state index contributed by atoms with van der Waals surface area (Å²) in [5, 5.41) is 0. The largest absolute Gasteiger partial charge is 0.484 e. The molecule has 4 rings (SSSR count). The van der Waals surface area contributed by atoms with Gasteiger partial charge in [-0.1, -0.05) is 48.5 Å². The Bertz CT molecular complexity index is 1070. The van der Waals surface area contributed by atoms with Crippen molar-refractivity contribution in [3.63, 3.8) is 0 Å². The minimum absolute atomic E-state index is 0.0147. The number of benzene rings is 3. The van der Waals surface area contributed by atoms with Crippen LogP contribution in [0.15, 0.2) is 84.9 Å². The fourth-order valence-corrected chi connectivity index (χ4v) is 3.62. The smallest absolute Gasteiger partial charge is 0.260 e. The third kappa shape index (κ3) is 5.03. The van der Waals surface area contributed by atoms with Gasteiger partial charge in [-0.25, -0.2) is 0 Å². The number of hydrogen-bond acceptors (Lipinski definition) is 4. The molecular formula is C26H24N2O4. The Morgan fingerprint density at radius 3 is 1.72 bits per heavy atom. The molecule has 0 saturated carbocycles. The van der Waals surface area contributed by atoms with Gasteiger partial charge in [0.25, 0.3) is 11.8 Å². The first-order chi connectivity index (χ1) is 15.6. The highest BCUT2D eigenvalue weighted by Gasteiger charge is 2.25.